The summed E-state index contributed by atoms with van der Waals surface area (Å²) in [5.41, 5.74) is 0. The van der Waals surface area contributed by atoms with E-state index >= 15 is 0 Å². The molecule has 0 aromatic heterocycles. The van der Waals surface area contributed by atoms with E-state index < -0.39 is 12.4 Å². The molecule has 0 aliphatic carbocycles. The average Bonchev–Trinajstić information content (AvgIpc) is 2.31. The summed E-state index contributed by atoms with van der Waals surface area (Å²) in [5.74, 6) is 0. The van der Waals surface area contributed by atoms with Crippen molar-refractivity contribution < 1.29 is 45.7 Å². The Labute approximate surface area is 109 Å². The molecule has 78 valence electrons. The molecule has 3 atom stereocenters. The van der Waals surface area contributed by atoms with Gasteiger partial charge in [-0.3, -0.25) is 0 Å². The first kappa shape index (κ1) is 14.7. The summed E-state index contributed by atoms with van der Waals surface area (Å²) in [6, 6.07) is 0. The molecule has 1 N–H and O–H groups in total. The van der Waals surface area contributed by atoms with Gasteiger partial charge in [-0.25, -0.2) is 12.5 Å². The molecule has 4 heteroatoms. The van der Waals surface area contributed by atoms with Gasteiger partial charge in [0, 0.05) is 6.29 Å². The van der Waals surface area contributed by atoms with Crippen LogP contribution in [0.2, 0.25) is 0 Å². The molecule has 0 aromatic carbocycles. The van der Waals surface area contributed by atoms with E-state index in [1.807, 2.05) is 13.8 Å². The molecule has 1 rings (SSSR count). The number of ether oxygens (including phenoxy) is 2. The van der Waals surface area contributed by atoms with Gasteiger partial charge in [-0.2, -0.15) is 13.8 Å². The topological polar surface area (TPSA) is 38.7 Å². The van der Waals surface area contributed by atoms with Gasteiger partial charge in [0.2, 0.25) is 0 Å². The van der Waals surface area contributed by atoms with Crippen LogP contribution in [0.3, 0.4) is 0 Å². The Kier molecular flexibility index (Phi) is 7.37. The van der Waals surface area contributed by atoms with E-state index in [0.29, 0.717) is 6.42 Å². The van der Waals surface area contributed by atoms with Gasteiger partial charge in [0.05, 0.1) is 6.10 Å². The maximum absolute atomic E-state index is 9.49. The van der Waals surface area contributed by atoms with Gasteiger partial charge in [-0.05, 0) is 12.5 Å². The monoisotopic (exact) mass is 422 g/mol. The smallest absolute Gasteiger partial charge is 0.551 e. The van der Waals surface area contributed by atoms with Crippen LogP contribution in [0, 0.1) is 43.6 Å². The van der Waals surface area contributed by atoms with Crippen molar-refractivity contribution in [3.63, 3.8) is 0 Å². The number of aliphatic hydroxyl groups excluding tert-OH is 1. The Balaban J connectivity index is 0.00000169. The molecule has 0 aromatic rings. The van der Waals surface area contributed by atoms with Gasteiger partial charge in [0.25, 0.3) is 0 Å². The van der Waals surface area contributed by atoms with Gasteiger partial charge in [-0.15, -0.1) is 6.58 Å². The molecule has 1 saturated heterocycles. The average molecular weight is 422 g/mol. The van der Waals surface area contributed by atoms with E-state index in [1.54, 1.807) is 12.5 Å². The zero-order chi connectivity index (χ0) is 9.84. The van der Waals surface area contributed by atoms with Crippen molar-refractivity contribution in [1.82, 2.24) is 0 Å². The minimum absolute atomic E-state index is 0. The molecule has 0 saturated carbocycles. The van der Waals surface area contributed by atoms with Crippen LogP contribution >= 0.6 is 0 Å². The first-order chi connectivity index (χ1) is 6.13. The van der Waals surface area contributed by atoms with Crippen molar-refractivity contribution in [1.29, 1.82) is 0 Å². The Morgan fingerprint density at radius 1 is 1.64 bits per heavy atom. The first-order valence-corrected chi connectivity index (χ1v) is 4.39. The Bertz CT molecular complexity index is 173. The van der Waals surface area contributed by atoms with E-state index in [-0.39, 0.29) is 37.2 Å². The Hall–Kier alpha value is 0.672. The predicted octanol–water partition coefficient (Wildman–Crippen LogP) is 1.44. The van der Waals surface area contributed by atoms with Crippen molar-refractivity contribution in [3.05, 3.63) is 25.2 Å². The maximum Gasteiger partial charge on any atom is 2.00 e. The van der Waals surface area contributed by atoms with Crippen LogP contribution in [0.5, 0.6) is 0 Å². The van der Waals surface area contributed by atoms with E-state index in [0.717, 1.165) is 6.10 Å². The Morgan fingerprint density at radius 2 is 2.29 bits per heavy atom. The predicted molar refractivity (Wildman–Crippen MR) is 49.5 cm³/mol. The summed E-state index contributed by atoms with van der Waals surface area (Å²) in [4.78, 5) is 0. The summed E-state index contributed by atoms with van der Waals surface area (Å²) >= 11 is 0. The summed E-state index contributed by atoms with van der Waals surface area (Å²) in [6.45, 7) is 7.30. The van der Waals surface area contributed by atoms with Gasteiger partial charge >= 0.3 is 31.1 Å². The zero-order valence-corrected chi connectivity index (χ0v) is 12.7. The number of hydrogen-bond acceptors (Lipinski definition) is 3. The molecule has 0 spiro atoms. The largest absolute Gasteiger partial charge is 2.00 e. The van der Waals surface area contributed by atoms with Gasteiger partial charge in [-0.1, -0.05) is 6.08 Å². The molecule has 1 aliphatic heterocycles. The fraction of sp³-hybridized carbons (Fsp3) is 0.600. The number of aliphatic hydroxyl groups is 1. The van der Waals surface area contributed by atoms with Gasteiger partial charge < -0.3 is 14.6 Å². The third-order valence-corrected chi connectivity index (χ3v) is 1.79. The third kappa shape index (κ3) is 4.46. The van der Waals surface area contributed by atoms with E-state index in [4.69, 9.17) is 9.47 Å². The standard InChI is InChI=1S/C10H16O3.U/c1-4-5-9-8(11)6-10(13-9)12-7(2)3;/h4,6,8-11H,1,5H2,2-3H3;/q-2;+2/t8-,9?,10+;/m1./s1. The summed E-state index contributed by atoms with van der Waals surface area (Å²) in [6.07, 6.45) is 3.68. The fourth-order valence-corrected chi connectivity index (χ4v) is 1.24. The molecule has 0 bridgehead atoms. The molecule has 1 aliphatic rings. The Morgan fingerprint density at radius 3 is 2.79 bits per heavy atom. The second kappa shape index (κ2) is 7.03. The van der Waals surface area contributed by atoms with Crippen molar-refractivity contribution in [2.75, 3.05) is 0 Å². The zero-order valence-electron chi connectivity index (χ0n) is 8.56. The van der Waals surface area contributed by atoms with Crippen LogP contribution in [-0.4, -0.2) is 23.6 Å². The van der Waals surface area contributed by atoms with Crippen LogP contribution < -0.4 is 0 Å². The molecule has 0 amide bonds. The number of hydrogen-bond donors (Lipinski definition) is 1. The fourth-order valence-electron chi connectivity index (χ4n) is 1.24. The SMILES string of the molecule is C=CCC1O[C@H](O[C-](C)C)[CH-][C@H]1O.[U+2]. The van der Waals surface area contributed by atoms with Crippen LogP contribution in [0.4, 0.5) is 0 Å². The molecule has 1 heterocycles. The minimum Gasteiger partial charge on any atom is -0.551 e. The van der Waals surface area contributed by atoms with Crippen LogP contribution in [0.15, 0.2) is 12.7 Å². The first-order valence-electron chi connectivity index (χ1n) is 4.39. The van der Waals surface area contributed by atoms with Crippen molar-refractivity contribution in [2.45, 2.75) is 38.8 Å². The van der Waals surface area contributed by atoms with Crippen molar-refractivity contribution in [2.24, 2.45) is 0 Å². The second-order valence-electron chi connectivity index (χ2n) is 3.28. The quantitative estimate of drug-likeness (QED) is 0.551. The van der Waals surface area contributed by atoms with E-state index in [9.17, 15) is 5.11 Å². The molecular weight excluding hydrogens is 406 g/mol. The maximum atomic E-state index is 9.49. The molecule has 3 nitrogen and oxygen atoms in total. The summed E-state index contributed by atoms with van der Waals surface area (Å²) in [7, 11) is 0. The second-order valence-corrected chi connectivity index (χ2v) is 3.28. The summed E-state index contributed by atoms with van der Waals surface area (Å²) < 4.78 is 10.7. The summed E-state index contributed by atoms with van der Waals surface area (Å²) in [5, 5.41) is 9.49. The molecule has 0 radical (unpaired) electrons. The molecule has 14 heavy (non-hydrogen) atoms. The van der Waals surface area contributed by atoms with Gasteiger partial charge in [0.15, 0.2) is 0 Å². The van der Waals surface area contributed by atoms with Crippen LogP contribution in [0.1, 0.15) is 20.3 Å². The minimum atomic E-state index is -0.553. The van der Waals surface area contributed by atoms with Gasteiger partial charge in [0.1, 0.15) is 0 Å². The van der Waals surface area contributed by atoms with Crippen LogP contribution in [0.25, 0.3) is 0 Å². The van der Waals surface area contributed by atoms with Crippen molar-refractivity contribution >= 4 is 0 Å². The normalized spacial score (nSPS) is 31.6. The molecular formula is C10H16O3U. The molecule has 1 unspecified atom stereocenters. The third-order valence-electron chi connectivity index (χ3n) is 1.79. The van der Waals surface area contributed by atoms with Crippen LogP contribution in [-0.2, 0) is 9.47 Å². The van der Waals surface area contributed by atoms with E-state index in [2.05, 4.69) is 6.58 Å². The molecule has 1 fully saturated rings. The van der Waals surface area contributed by atoms with E-state index in [1.165, 1.54) is 0 Å². The number of rotatable bonds is 4. The van der Waals surface area contributed by atoms with Crippen molar-refractivity contribution in [3.8, 4) is 0 Å².